The number of nitrogens with zero attached hydrogens (tertiary/aromatic N) is 2. The fourth-order valence-electron chi connectivity index (χ4n) is 2.34. The molecule has 2 aromatic rings. The van der Waals surface area contributed by atoms with Gasteiger partial charge in [-0.2, -0.15) is 0 Å². The van der Waals surface area contributed by atoms with E-state index in [2.05, 4.69) is 22.3 Å². The average molecular weight is 262 g/mol. The van der Waals surface area contributed by atoms with E-state index in [9.17, 15) is 0 Å². The van der Waals surface area contributed by atoms with E-state index >= 15 is 0 Å². The lowest BCUT2D eigenvalue weighted by Crippen LogP contribution is -2.28. The topological polar surface area (TPSA) is 28.2 Å². The zero-order valence-electron chi connectivity index (χ0n) is 10.2. The number of hydrogen-bond donors (Lipinski definition) is 1. The third kappa shape index (κ3) is 2.42. The summed E-state index contributed by atoms with van der Waals surface area (Å²) < 4.78 is 0. The Morgan fingerprint density at radius 1 is 1.11 bits per heavy atom. The molecular formula is C14H16ClN3. The Labute approximate surface area is 112 Å². The molecule has 0 atom stereocenters. The van der Waals surface area contributed by atoms with E-state index in [1.54, 1.807) is 0 Å². The molecule has 0 spiro atoms. The first-order valence-corrected chi connectivity index (χ1v) is 6.73. The number of nitrogens with one attached hydrogen (secondary N) is 1. The van der Waals surface area contributed by atoms with Crippen molar-refractivity contribution in [1.29, 1.82) is 0 Å². The largest absolute Gasteiger partial charge is 0.355 e. The zero-order chi connectivity index (χ0) is 12.4. The number of anilines is 1. The first-order chi connectivity index (χ1) is 8.83. The molecule has 0 unspecified atom stereocenters. The van der Waals surface area contributed by atoms with Gasteiger partial charge in [0.15, 0.2) is 0 Å². The molecule has 0 amide bonds. The van der Waals surface area contributed by atoms with Crippen LogP contribution in [0.1, 0.15) is 6.42 Å². The van der Waals surface area contributed by atoms with Crippen LogP contribution in [0.25, 0.3) is 10.9 Å². The molecule has 1 N–H and O–H groups in total. The average Bonchev–Trinajstić information content (AvgIpc) is 2.67. The van der Waals surface area contributed by atoms with Crippen molar-refractivity contribution in [1.82, 2.24) is 10.3 Å². The number of hydrogen-bond acceptors (Lipinski definition) is 3. The van der Waals surface area contributed by atoms with Gasteiger partial charge in [-0.25, -0.2) is 4.98 Å². The molecule has 1 aliphatic rings. The first kappa shape index (κ1) is 11.8. The number of pyridine rings is 1. The number of fused-ring (bicyclic) bond motifs is 1. The van der Waals surface area contributed by atoms with Gasteiger partial charge >= 0.3 is 0 Å². The highest BCUT2D eigenvalue weighted by molar-refractivity contribution is 6.31. The molecular weight excluding hydrogens is 246 g/mol. The molecule has 3 nitrogen and oxygen atoms in total. The summed E-state index contributed by atoms with van der Waals surface area (Å²) in [6, 6.07) is 10.0. The van der Waals surface area contributed by atoms with Crippen molar-refractivity contribution < 1.29 is 0 Å². The Kier molecular flexibility index (Phi) is 3.35. The van der Waals surface area contributed by atoms with Gasteiger partial charge < -0.3 is 10.2 Å². The van der Waals surface area contributed by atoms with Crippen LogP contribution >= 0.6 is 11.6 Å². The Morgan fingerprint density at radius 2 is 2.06 bits per heavy atom. The molecule has 1 fully saturated rings. The van der Waals surface area contributed by atoms with E-state index in [0.29, 0.717) is 0 Å². The second-order valence-electron chi connectivity index (χ2n) is 4.60. The summed E-state index contributed by atoms with van der Waals surface area (Å²) in [5.41, 5.74) is 1.01. The molecule has 18 heavy (non-hydrogen) atoms. The molecule has 1 aromatic carbocycles. The Morgan fingerprint density at radius 3 is 3.00 bits per heavy atom. The van der Waals surface area contributed by atoms with Crippen molar-refractivity contribution in [3.05, 3.63) is 35.4 Å². The van der Waals surface area contributed by atoms with Crippen molar-refractivity contribution in [2.45, 2.75) is 6.42 Å². The minimum Gasteiger partial charge on any atom is -0.355 e. The zero-order valence-corrected chi connectivity index (χ0v) is 11.0. The molecule has 0 saturated carbocycles. The van der Waals surface area contributed by atoms with E-state index in [4.69, 9.17) is 16.6 Å². The SMILES string of the molecule is Clc1ccc2nc(N3CCCNCC3)ccc2c1. The minimum absolute atomic E-state index is 0.760. The third-order valence-electron chi connectivity index (χ3n) is 3.30. The van der Waals surface area contributed by atoms with Gasteiger partial charge in [-0.1, -0.05) is 11.6 Å². The van der Waals surface area contributed by atoms with E-state index in [0.717, 1.165) is 47.9 Å². The molecule has 0 radical (unpaired) electrons. The van der Waals surface area contributed by atoms with E-state index in [-0.39, 0.29) is 0 Å². The third-order valence-corrected chi connectivity index (χ3v) is 3.54. The van der Waals surface area contributed by atoms with Crippen LogP contribution < -0.4 is 10.2 Å². The van der Waals surface area contributed by atoms with Crippen LogP contribution in [0.5, 0.6) is 0 Å². The normalized spacial score (nSPS) is 16.8. The predicted molar refractivity (Wildman–Crippen MR) is 76.5 cm³/mol. The first-order valence-electron chi connectivity index (χ1n) is 6.35. The van der Waals surface area contributed by atoms with Gasteiger partial charge in [-0.05, 0) is 43.3 Å². The molecule has 0 aliphatic carbocycles. The molecule has 3 rings (SSSR count). The van der Waals surface area contributed by atoms with Gasteiger partial charge in [0.2, 0.25) is 0 Å². The Balaban J connectivity index is 1.94. The smallest absolute Gasteiger partial charge is 0.129 e. The Hall–Kier alpha value is -1.32. The highest BCUT2D eigenvalue weighted by atomic mass is 35.5. The fraction of sp³-hybridized carbons (Fsp3) is 0.357. The lowest BCUT2D eigenvalue weighted by atomic mass is 10.2. The maximum atomic E-state index is 5.98. The van der Waals surface area contributed by atoms with Gasteiger partial charge in [0.25, 0.3) is 0 Å². The molecule has 1 saturated heterocycles. The highest BCUT2D eigenvalue weighted by Gasteiger charge is 2.10. The summed E-state index contributed by atoms with van der Waals surface area (Å²) in [7, 11) is 0. The van der Waals surface area contributed by atoms with Crippen molar-refractivity contribution >= 4 is 28.3 Å². The molecule has 2 heterocycles. The molecule has 1 aromatic heterocycles. The number of halogens is 1. The summed E-state index contributed by atoms with van der Waals surface area (Å²) in [6.07, 6.45) is 1.17. The summed E-state index contributed by atoms with van der Waals surface area (Å²) in [5.74, 6) is 1.06. The molecule has 1 aliphatic heterocycles. The minimum atomic E-state index is 0.760. The lowest BCUT2D eigenvalue weighted by molar-refractivity contribution is 0.724. The number of rotatable bonds is 1. The van der Waals surface area contributed by atoms with E-state index < -0.39 is 0 Å². The summed E-state index contributed by atoms with van der Waals surface area (Å²) in [6.45, 7) is 4.21. The molecule has 94 valence electrons. The van der Waals surface area contributed by atoms with Gasteiger partial charge in [0.1, 0.15) is 5.82 Å². The van der Waals surface area contributed by atoms with Crippen LogP contribution in [0.4, 0.5) is 5.82 Å². The second kappa shape index (κ2) is 5.12. The maximum Gasteiger partial charge on any atom is 0.129 e. The van der Waals surface area contributed by atoms with Crippen molar-refractivity contribution in [3.63, 3.8) is 0 Å². The quantitative estimate of drug-likeness (QED) is 0.856. The summed E-state index contributed by atoms with van der Waals surface area (Å²) in [5, 5.41) is 5.26. The molecule has 4 heteroatoms. The fourth-order valence-corrected chi connectivity index (χ4v) is 2.52. The van der Waals surface area contributed by atoms with Crippen LogP contribution in [0.2, 0.25) is 5.02 Å². The highest BCUT2D eigenvalue weighted by Crippen LogP contribution is 2.21. The number of benzene rings is 1. The second-order valence-corrected chi connectivity index (χ2v) is 5.03. The van der Waals surface area contributed by atoms with E-state index in [1.807, 2.05) is 18.2 Å². The summed E-state index contributed by atoms with van der Waals surface area (Å²) in [4.78, 5) is 7.06. The Bertz CT molecular complexity index is 548. The maximum absolute atomic E-state index is 5.98. The summed E-state index contributed by atoms with van der Waals surface area (Å²) >= 11 is 5.98. The van der Waals surface area contributed by atoms with Crippen LogP contribution in [-0.4, -0.2) is 31.2 Å². The number of aromatic nitrogens is 1. The molecule has 0 bridgehead atoms. The van der Waals surface area contributed by atoms with Crippen molar-refractivity contribution in [3.8, 4) is 0 Å². The van der Waals surface area contributed by atoms with E-state index in [1.165, 1.54) is 6.42 Å². The van der Waals surface area contributed by atoms with Crippen LogP contribution in [0, 0.1) is 0 Å². The van der Waals surface area contributed by atoms with Gasteiger partial charge in [-0.3, -0.25) is 0 Å². The van der Waals surface area contributed by atoms with Crippen LogP contribution in [-0.2, 0) is 0 Å². The van der Waals surface area contributed by atoms with Gasteiger partial charge in [0.05, 0.1) is 5.52 Å². The van der Waals surface area contributed by atoms with Crippen molar-refractivity contribution in [2.24, 2.45) is 0 Å². The van der Waals surface area contributed by atoms with Gasteiger partial charge in [-0.15, -0.1) is 0 Å². The van der Waals surface area contributed by atoms with Crippen LogP contribution in [0.15, 0.2) is 30.3 Å². The van der Waals surface area contributed by atoms with Crippen molar-refractivity contribution in [2.75, 3.05) is 31.1 Å². The van der Waals surface area contributed by atoms with Gasteiger partial charge in [0, 0.05) is 30.0 Å². The monoisotopic (exact) mass is 261 g/mol. The lowest BCUT2D eigenvalue weighted by Gasteiger charge is -2.21. The van der Waals surface area contributed by atoms with Crippen LogP contribution in [0.3, 0.4) is 0 Å². The predicted octanol–water partition coefficient (Wildman–Crippen LogP) is 2.69. The standard InChI is InChI=1S/C14H16ClN3/c15-12-3-4-13-11(10-12)2-5-14(17-13)18-8-1-6-16-7-9-18/h2-5,10,16H,1,6-9H2.